The smallest absolute Gasteiger partial charge is 0.0689 e. The molecule has 3 rings (SSSR count). The fraction of sp³-hybridized carbons (Fsp3) is 0.952. The summed E-state index contributed by atoms with van der Waals surface area (Å²) in [6, 6.07) is 2.70. The Bertz CT molecular complexity index is 409. The molecule has 0 saturated heterocycles. The fourth-order valence-corrected chi connectivity index (χ4v) is 6.28. The summed E-state index contributed by atoms with van der Waals surface area (Å²) in [7, 11) is 0. The third-order valence-corrected chi connectivity index (χ3v) is 7.70. The van der Waals surface area contributed by atoms with Crippen LogP contribution in [0.5, 0.6) is 0 Å². The van der Waals surface area contributed by atoms with Crippen molar-refractivity contribution < 1.29 is 0 Å². The highest BCUT2D eigenvalue weighted by Crippen LogP contribution is 2.56. The number of unbranched alkanes of at least 4 members (excludes halogenated alkanes) is 1. The Morgan fingerprint density at radius 2 is 1.77 bits per heavy atom. The largest absolute Gasteiger partial charge is 0.198 e. The zero-order chi connectivity index (χ0) is 15.6. The van der Waals surface area contributed by atoms with E-state index >= 15 is 0 Å². The highest BCUT2D eigenvalue weighted by Gasteiger charge is 2.47. The van der Waals surface area contributed by atoms with Crippen molar-refractivity contribution >= 4 is 0 Å². The van der Waals surface area contributed by atoms with E-state index in [9.17, 15) is 5.26 Å². The summed E-state index contributed by atoms with van der Waals surface area (Å²) < 4.78 is 0. The van der Waals surface area contributed by atoms with Crippen LogP contribution in [-0.4, -0.2) is 0 Å². The Labute approximate surface area is 137 Å². The van der Waals surface area contributed by atoms with Crippen LogP contribution in [0.4, 0.5) is 0 Å². The molecule has 1 nitrogen and oxygen atoms in total. The van der Waals surface area contributed by atoms with Crippen molar-refractivity contribution in [1.29, 1.82) is 5.26 Å². The molecule has 3 aliphatic carbocycles. The lowest BCUT2D eigenvalue weighted by Gasteiger charge is -2.52. The first-order chi connectivity index (χ1) is 10.7. The zero-order valence-corrected chi connectivity index (χ0v) is 14.8. The quantitative estimate of drug-likeness (QED) is 0.594. The van der Waals surface area contributed by atoms with E-state index in [-0.39, 0.29) is 5.41 Å². The third kappa shape index (κ3) is 3.08. The lowest BCUT2D eigenvalue weighted by Crippen LogP contribution is -2.43. The molecule has 0 aromatic rings. The van der Waals surface area contributed by atoms with Gasteiger partial charge in [0.25, 0.3) is 0 Å². The summed E-state index contributed by atoms with van der Waals surface area (Å²) in [6.45, 7) is 4.56. The number of rotatable bonds is 4. The molecule has 3 fully saturated rings. The van der Waals surface area contributed by atoms with Gasteiger partial charge >= 0.3 is 0 Å². The molecule has 3 saturated carbocycles. The summed E-state index contributed by atoms with van der Waals surface area (Å²) in [5, 5.41) is 9.63. The van der Waals surface area contributed by atoms with Crippen LogP contribution in [-0.2, 0) is 0 Å². The van der Waals surface area contributed by atoms with Gasteiger partial charge in [0.05, 0.1) is 11.5 Å². The fourth-order valence-electron chi connectivity index (χ4n) is 6.28. The predicted octanol–water partition coefficient (Wildman–Crippen LogP) is 6.34. The Kier molecular flexibility index (Phi) is 5.16. The number of hydrogen-bond acceptors (Lipinski definition) is 1. The number of fused-ring (bicyclic) bond motifs is 3. The average Bonchev–Trinajstić information content (AvgIpc) is 2.58. The van der Waals surface area contributed by atoms with Crippen LogP contribution in [0.25, 0.3) is 0 Å². The molecular formula is C21H35N. The first-order valence-corrected chi connectivity index (χ1v) is 10.1. The molecular weight excluding hydrogens is 266 g/mol. The van der Waals surface area contributed by atoms with Gasteiger partial charge in [0, 0.05) is 0 Å². The average molecular weight is 302 g/mol. The van der Waals surface area contributed by atoms with Crippen LogP contribution in [0.3, 0.4) is 0 Å². The van der Waals surface area contributed by atoms with Crippen molar-refractivity contribution in [2.75, 3.05) is 0 Å². The summed E-state index contributed by atoms with van der Waals surface area (Å²) in [4.78, 5) is 0. The monoisotopic (exact) mass is 301 g/mol. The Hall–Kier alpha value is -0.510. The second kappa shape index (κ2) is 6.94. The van der Waals surface area contributed by atoms with Gasteiger partial charge < -0.3 is 0 Å². The lowest BCUT2D eigenvalue weighted by atomic mass is 9.52. The maximum Gasteiger partial charge on any atom is 0.0689 e. The van der Waals surface area contributed by atoms with Crippen molar-refractivity contribution in [1.82, 2.24) is 0 Å². The van der Waals surface area contributed by atoms with Gasteiger partial charge in [-0.3, -0.25) is 0 Å². The minimum atomic E-state index is 0.0341. The van der Waals surface area contributed by atoms with Gasteiger partial charge in [-0.15, -0.1) is 0 Å². The van der Waals surface area contributed by atoms with Crippen LogP contribution in [0, 0.1) is 46.3 Å². The van der Waals surface area contributed by atoms with Gasteiger partial charge in [-0.2, -0.15) is 5.26 Å². The summed E-state index contributed by atoms with van der Waals surface area (Å²) in [5.74, 6) is 4.94. The molecule has 22 heavy (non-hydrogen) atoms. The van der Waals surface area contributed by atoms with Crippen LogP contribution < -0.4 is 0 Å². The minimum Gasteiger partial charge on any atom is -0.198 e. The van der Waals surface area contributed by atoms with Gasteiger partial charge in [-0.1, -0.05) is 39.5 Å². The summed E-state index contributed by atoms with van der Waals surface area (Å²) in [6.07, 6.45) is 16.6. The highest BCUT2D eigenvalue weighted by atomic mass is 14.5. The molecule has 0 bridgehead atoms. The summed E-state index contributed by atoms with van der Waals surface area (Å²) >= 11 is 0. The van der Waals surface area contributed by atoms with E-state index in [1.54, 1.807) is 0 Å². The normalized spacial score (nSPS) is 44.7. The van der Waals surface area contributed by atoms with Gasteiger partial charge in [0.1, 0.15) is 0 Å². The second-order valence-corrected chi connectivity index (χ2v) is 8.74. The Balaban J connectivity index is 1.61. The third-order valence-electron chi connectivity index (χ3n) is 7.70. The van der Waals surface area contributed by atoms with E-state index in [1.807, 2.05) is 0 Å². The molecule has 3 aliphatic rings. The van der Waals surface area contributed by atoms with Gasteiger partial charge in [-0.05, 0) is 81.0 Å². The topological polar surface area (TPSA) is 23.8 Å². The van der Waals surface area contributed by atoms with Gasteiger partial charge in [-0.25, -0.2) is 0 Å². The lowest BCUT2D eigenvalue weighted by molar-refractivity contribution is -0.0167. The van der Waals surface area contributed by atoms with E-state index < -0.39 is 0 Å². The molecule has 0 aromatic heterocycles. The molecule has 0 radical (unpaired) electrons. The molecule has 1 heteroatoms. The van der Waals surface area contributed by atoms with E-state index in [0.29, 0.717) is 0 Å². The number of hydrogen-bond donors (Lipinski definition) is 0. The van der Waals surface area contributed by atoms with E-state index in [2.05, 4.69) is 19.9 Å². The van der Waals surface area contributed by atoms with Crippen molar-refractivity contribution in [2.24, 2.45) is 35.0 Å². The molecule has 6 unspecified atom stereocenters. The van der Waals surface area contributed by atoms with Crippen molar-refractivity contribution in [3.05, 3.63) is 0 Å². The van der Waals surface area contributed by atoms with Crippen LogP contribution in [0.15, 0.2) is 0 Å². The number of nitrogens with zero attached hydrogens (tertiary/aromatic N) is 1. The van der Waals surface area contributed by atoms with E-state index in [1.165, 1.54) is 70.6 Å². The molecule has 0 aromatic carbocycles. The molecule has 0 spiro atoms. The minimum absolute atomic E-state index is 0.0341. The van der Waals surface area contributed by atoms with Crippen molar-refractivity contribution in [2.45, 2.75) is 90.9 Å². The molecule has 124 valence electrons. The molecule has 0 amide bonds. The van der Waals surface area contributed by atoms with Crippen molar-refractivity contribution in [3.63, 3.8) is 0 Å². The van der Waals surface area contributed by atoms with E-state index in [4.69, 9.17) is 0 Å². The standard InChI is InChI=1S/C21H35N/c1-3-5-6-16-7-10-19-17(13-16)8-9-18-14-21(4-2,15-22)12-11-20(18)19/h16-20H,3-14H2,1-2H3. The zero-order valence-electron chi connectivity index (χ0n) is 14.8. The van der Waals surface area contributed by atoms with Crippen LogP contribution >= 0.6 is 0 Å². The molecule has 0 aliphatic heterocycles. The second-order valence-electron chi connectivity index (χ2n) is 8.74. The molecule has 6 atom stereocenters. The van der Waals surface area contributed by atoms with Crippen LogP contribution in [0.2, 0.25) is 0 Å². The van der Waals surface area contributed by atoms with Crippen LogP contribution in [0.1, 0.15) is 90.9 Å². The first kappa shape index (κ1) is 16.4. The predicted molar refractivity (Wildman–Crippen MR) is 92.2 cm³/mol. The maximum absolute atomic E-state index is 9.63. The summed E-state index contributed by atoms with van der Waals surface area (Å²) in [5.41, 5.74) is 0.0341. The highest BCUT2D eigenvalue weighted by molar-refractivity contribution is 5.05. The molecule has 0 N–H and O–H groups in total. The van der Waals surface area contributed by atoms with Gasteiger partial charge in [0.15, 0.2) is 0 Å². The number of nitriles is 1. The molecule has 0 heterocycles. The SMILES string of the molecule is CCCCC1CCC2C(CCC3CC(C#N)(CC)CCC32)C1. The van der Waals surface area contributed by atoms with Gasteiger partial charge in [0.2, 0.25) is 0 Å². The Morgan fingerprint density at radius 1 is 1.00 bits per heavy atom. The maximum atomic E-state index is 9.63. The Morgan fingerprint density at radius 3 is 2.50 bits per heavy atom. The van der Waals surface area contributed by atoms with E-state index in [0.717, 1.165) is 36.0 Å². The van der Waals surface area contributed by atoms with Crippen molar-refractivity contribution in [3.8, 4) is 6.07 Å². The first-order valence-electron chi connectivity index (χ1n) is 10.1.